The summed E-state index contributed by atoms with van der Waals surface area (Å²) in [7, 11) is 0. The van der Waals surface area contributed by atoms with E-state index in [-0.39, 0.29) is 29.5 Å². The van der Waals surface area contributed by atoms with Crippen molar-refractivity contribution in [2.45, 2.75) is 19.9 Å². The molecule has 0 heterocycles. The summed E-state index contributed by atoms with van der Waals surface area (Å²) < 4.78 is 0. The molecule has 0 aliphatic rings. The van der Waals surface area contributed by atoms with Crippen LogP contribution in [0.1, 0.15) is 19.4 Å². The summed E-state index contributed by atoms with van der Waals surface area (Å²) in [6.07, 6.45) is 0. The third-order valence-electron chi connectivity index (χ3n) is 2.56. The number of hydrogen-bond acceptors (Lipinski definition) is 5. The number of nitrogens with zero attached hydrogens (tertiary/aromatic N) is 3. The summed E-state index contributed by atoms with van der Waals surface area (Å²) in [6.45, 7) is 3.09. The number of nitro groups is 1. The molecular formula is C12H13N3O4. The van der Waals surface area contributed by atoms with Crippen molar-refractivity contribution in [3.05, 3.63) is 33.9 Å². The van der Waals surface area contributed by atoms with E-state index in [0.717, 1.165) is 0 Å². The number of carbonyl (C=O) groups is 1. The van der Waals surface area contributed by atoms with Crippen molar-refractivity contribution in [1.82, 2.24) is 0 Å². The Morgan fingerprint density at radius 3 is 2.63 bits per heavy atom. The highest BCUT2D eigenvalue weighted by Gasteiger charge is 2.26. The van der Waals surface area contributed by atoms with E-state index in [1.165, 1.54) is 23.1 Å². The molecule has 7 nitrogen and oxygen atoms in total. The zero-order valence-corrected chi connectivity index (χ0v) is 10.5. The van der Waals surface area contributed by atoms with Crippen LogP contribution >= 0.6 is 0 Å². The Morgan fingerprint density at radius 1 is 1.58 bits per heavy atom. The standard InChI is InChI=1S/C12H13N3O4/c1-8(2)14(7-11(16)17)10-5-3-4-9(6-13)12(10)15(18)19/h3-5,8H,7H2,1-2H3,(H,16,17). The molecule has 0 unspecified atom stereocenters. The normalized spacial score (nSPS) is 10.0. The molecule has 1 rings (SSSR count). The third-order valence-corrected chi connectivity index (χ3v) is 2.56. The molecule has 1 aromatic carbocycles. The number of carboxylic acids is 1. The Kier molecular flexibility index (Phi) is 4.42. The van der Waals surface area contributed by atoms with Crippen molar-refractivity contribution in [3.63, 3.8) is 0 Å². The van der Waals surface area contributed by atoms with Crippen molar-refractivity contribution >= 4 is 17.3 Å². The van der Waals surface area contributed by atoms with E-state index in [1.807, 2.05) is 0 Å². The molecule has 1 aromatic rings. The molecule has 0 atom stereocenters. The number of hydrogen-bond donors (Lipinski definition) is 1. The Bertz CT molecular complexity index is 548. The van der Waals surface area contributed by atoms with Crippen LogP contribution in [0.25, 0.3) is 0 Å². The van der Waals surface area contributed by atoms with Gasteiger partial charge < -0.3 is 10.0 Å². The summed E-state index contributed by atoms with van der Waals surface area (Å²) in [4.78, 5) is 22.7. The topological polar surface area (TPSA) is 107 Å². The van der Waals surface area contributed by atoms with Crippen molar-refractivity contribution in [2.24, 2.45) is 0 Å². The molecule has 7 heteroatoms. The fourth-order valence-corrected chi connectivity index (χ4v) is 1.74. The maximum Gasteiger partial charge on any atom is 0.323 e. The van der Waals surface area contributed by atoms with Crippen molar-refractivity contribution in [1.29, 1.82) is 5.26 Å². The molecular weight excluding hydrogens is 250 g/mol. The highest BCUT2D eigenvalue weighted by molar-refractivity contribution is 5.78. The number of aliphatic carboxylic acids is 1. The molecule has 0 fully saturated rings. The molecule has 0 saturated heterocycles. The van der Waals surface area contributed by atoms with E-state index < -0.39 is 10.9 Å². The first-order valence-corrected chi connectivity index (χ1v) is 5.54. The maximum absolute atomic E-state index is 11.1. The van der Waals surface area contributed by atoms with Gasteiger partial charge in [0.25, 0.3) is 0 Å². The van der Waals surface area contributed by atoms with Gasteiger partial charge in [-0.2, -0.15) is 5.26 Å². The lowest BCUT2D eigenvalue weighted by molar-refractivity contribution is -0.384. The van der Waals surface area contributed by atoms with Gasteiger partial charge in [-0.1, -0.05) is 6.07 Å². The van der Waals surface area contributed by atoms with Crippen LogP contribution in [-0.4, -0.2) is 28.6 Å². The summed E-state index contributed by atoms with van der Waals surface area (Å²) in [6, 6.07) is 5.78. The van der Waals surface area contributed by atoms with Crippen LogP contribution in [0.15, 0.2) is 18.2 Å². The van der Waals surface area contributed by atoms with Crippen LogP contribution in [-0.2, 0) is 4.79 Å². The predicted octanol–water partition coefficient (Wildman–Crippen LogP) is 1.77. The molecule has 0 radical (unpaired) electrons. The van der Waals surface area contributed by atoms with Gasteiger partial charge in [0.15, 0.2) is 0 Å². The third kappa shape index (κ3) is 3.19. The average Bonchev–Trinajstić information content (AvgIpc) is 2.34. The van der Waals surface area contributed by atoms with Gasteiger partial charge in [0.05, 0.1) is 4.92 Å². The van der Waals surface area contributed by atoms with Gasteiger partial charge >= 0.3 is 11.7 Å². The van der Waals surface area contributed by atoms with Crippen molar-refractivity contribution < 1.29 is 14.8 Å². The van der Waals surface area contributed by atoms with Crippen LogP contribution in [0.3, 0.4) is 0 Å². The highest BCUT2D eigenvalue weighted by Crippen LogP contribution is 2.32. The SMILES string of the molecule is CC(C)N(CC(=O)O)c1cccc(C#N)c1[N+](=O)[O-]. The Labute approximate surface area is 109 Å². The quantitative estimate of drug-likeness (QED) is 0.640. The van der Waals surface area contributed by atoms with Gasteiger partial charge in [0, 0.05) is 6.04 Å². The lowest BCUT2D eigenvalue weighted by Gasteiger charge is -2.26. The highest BCUT2D eigenvalue weighted by atomic mass is 16.6. The number of nitriles is 1. The van der Waals surface area contributed by atoms with Crippen LogP contribution in [0, 0.1) is 21.4 Å². The zero-order chi connectivity index (χ0) is 14.6. The molecule has 0 aliphatic heterocycles. The Balaban J connectivity index is 3.42. The molecule has 0 amide bonds. The minimum atomic E-state index is -1.09. The van der Waals surface area contributed by atoms with Gasteiger partial charge in [0.1, 0.15) is 23.9 Å². The van der Waals surface area contributed by atoms with Gasteiger partial charge in [0.2, 0.25) is 0 Å². The summed E-state index contributed by atoms with van der Waals surface area (Å²) >= 11 is 0. The summed E-state index contributed by atoms with van der Waals surface area (Å²) in [5.41, 5.74) is -0.306. The number of carboxylic acid groups (broad SMARTS) is 1. The van der Waals surface area contributed by atoms with Crippen LogP contribution in [0.5, 0.6) is 0 Å². The van der Waals surface area contributed by atoms with E-state index in [2.05, 4.69) is 0 Å². The second-order valence-corrected chi connectivity index (χ2v) is 4.16. The molecule has 19 heavy (non-hydrogen) atoms. The van der Waals surface area contributed by atoms with E-state index in [9.17, 15) is 14.9 Å². The first-order chi connectivity index (χ1) is 8.88. The molecule has 0 saturated carbocycles. The van der Waals surface area contributed by atoms with E-state index in [4.69, 9.17) is 10.4 Å². The molecule has 0 aliphatic carbocycles. The molecule has 1 N–H and O–H groups in total. The van der Waals surface area contributed by atoms with Gasteiger partial charge in [-0.3, -0.25) is 14.9 Å². The first kappa shape index (κ1) is 14.4. The zero-order valence-electron chi connectivity index (χ0n) is 10.5. The lowest BCUT2D eigenvalue weighted by Crippen LogP contribution is -2.36. The number of benzene rings is 1. The predicted molar refractivity (Wildman–Crippen MR) is 67.9 cm³/mol. The van der Waals surface area contributed by atoms with Gasteiger partial charge in [-0.25, -0.2) is 0 Å². The van der Waals surface area contributed by atoms with E-state index >= 15 is 0 Å². The number of rotatable bonds is 5. The second kappa shape index (κ2) is 5.82. The Hall–Kier alpha value is -2.62. The minimum absolute atomic E-state index is 0.0847. The first-order valence-electron chi connectivity index (χ1n) is 5.54. The monoisotopic (exact) mass is 263 g/mol. The minimum Gasteiger partial charge on any atom is -0.480 e. The fourth-order valence-electron chi connectivity index (χ4n) is 1.74. The van der Waals surface area contributed by atoms with Crippen LogP contribution in [0.2, 0.25) is 0 Å². The molecule has 100 valence electrons. The van der Waals surface area contributed by atoms with Crippen LogP contribution in [0.4, 0.5) is 11.4 Å². The fraction of sp³-hybridized carbons (Fsp3) is 0.333. The maximum atomic E-state index is 11.1. The molecule has 0 bridgehead atoms. The van der Waals surface area contributed by atoms with Crippen molar-refractivity contribution in [3.8, 4) is 6.07 Å². The lowest BCUT2D eigenvalue weighted by atomic mass is 10.1. The largest absolute Gasteiger partial charge is 0.480 e. The van der Waals surface area contributed by atoms with E-state index in [1.54, 1.807) is 19.9 Å². The molecule has 0 aromatic heterocycles. The van der Waals surface area contributed by atoms with Gasteiger partial charge in [-0.05, 0) is 26.0 Å². The van der Waals surface area contributed by atoms with E-state index in [0.29, 0.717) is 0 Å². The smallest absolute Gasteiger partial charge is 0.323 e. The second-order valence-electron chi connectivity index (χ2n) is 4.16. The average molecular weight is 263 g/mol. The molecule has 0 spiro atoms. The van der Waals surface area contributed by atoms with Crippen LogP contribution < -0.4 is 4.90 Å². The number of nitro benzene ring substituents is 1. The summed E-state index contributed by atoms with van der Waals surface area (Å²) in [5.74, 6) is -1.09. The van der Waals surface area contributed by atoms with Gasteiger partial charge in [-0.15, -0.1) is 0 Å². The Morgan fingerprint density at radius 2 is 2.21 bits per heavy atom. The number of para-hydroxylation sites is 1. The number of anilines is 1. The van der Waals surface area contributed by atoms with Crippen molar-refractivity contribution in [2.75, 3.05) is 11.4 Å². The summed E-state index contributed by atoms with van der Waals surface area (Å²) in [5, 5.41) is 28.9.